The molecule has 2 heterocycles. The van der Waals surface area contributed by atoms with Crippen molar-refractivity contribution in [1.29, 1.82) is 0 Å². The molecule has 3 rings (SSSR count). The lowest BCUT2D eigenvalue weighted by atomic mass is 10.1. The summed E-state index contributed by atoms with van der Waals surface area (Å²) < 4.78 is 5.84. The van der Waals surface area contributed by atoms with Gasteiger partial charge in [-0.2, -0.15) is 0 Å². The molecular formula is C16H17NO2S. The molecule has 1 aromatic carbocycles. The third-order valence-corrected chi connectivity index (χ3v) is 4.62. The van der Waals surface area contributed by atoms with Crippen LogP contribution in [0.2, 0.25) is 0 Å². The summed E-state index contributed by atoms with van der Waals surface area (Å²) in [6.07, 6.45) is 0.988. The van der Waals surface area contributed by atoms with Gasteiger partial charge < -0.3 is 9.64 Å². The normalized spacial score (nSPS) is 17.6. The summed E-state index contributed by atoms with van der Waals surface area (Å²) in [5, 5.41) is 2.10. The van der Waals surface area contributed by atoms with Gasteiger partial charge in [-0.1, -0.05) is 18.2 Å². The van der Waals surface area contributed by atoms with Gasteiger partial charge in [-0.25, -0.2) is 0 Å². The monoisotopic (exact) mass is 287 g/mol. The average Bonchev–Trinajstić information content (AvgIpc) is 2.97. The SMILES string of the molecule is CN(C[C@@H]1OCCc2ccsc21)C(=O)c1ccccc1. The van der Waals surface area contributed by atoms with Gasteiger partial charge in [-0.05, 0) is 35.6 Å². The predicted molar refractivity (Wildman–Crippen MR) is 80.1 cm³/mol. The van der Waals surface area contributed by atoms with Crippen LogP contribution in [0.4, 0.5) is 0 Å². The molecule has 0 spiro atoms. The molecule has 2 aromatic rings. The Morgan fingerprint density at radius 1 is 1.35 bits per heavy atom. The van der Waals surface area contributed by atoms with E-state index in [2.05, 4.69) is 11.4 Å². The summed E-state index contributed by atoms with van der Waals surface area (Å²) in [4.78, 5) is 15.4. The molecule has 20 heavy (non-hydrogen) atoms. The summed E-state index contributed by atoms with van der Waals surface area (Å²) in [6.45, 7) is 1.34. The molecule has 0 aliphatic carbocycles. The number of fused-ring (bicyclic) bond motifs is 1. The summed E-state index contributed by atoms with van der Waals surface area (Å²) in [7, 11) is 1.83. The first-order valence-corrected chi connectivity index (χ1v) is 7.62. The molecule has 0 saturated carbocycles. The van der Waals surface area contributed by atoms with Crippen LogP contribution in [0.1, 0.15) is 26.9 Å². The minimum atomic E-state index is 0.0106. The molecule has 0 fully saturated rings. The van der Waals surface area contributed by atoms with Gasteiger partial charge in [0.25, 0.3) is 5.91 Å². The number of hydrogen-bond acceptors (Lipinski definition) is 3. The molecule has 0 N–H and O–H groups in total. The number of amides is 1. The van der Waals surface area contributed by atoms with Crippen LogP contribution < -0.4 is 0 Å². The van der Waals surface area contributed by atoms with Gasteiger partial charge in [0.15, 0.2) is 0 Å². The van der Waals surface area contributed by atoms with Gasteiger partial charge in [-0.3, -0.25) is 4.79 Å². The second-order valence-electron chi connectivity index (χ2n) is 4.97. The van der Waals surface area contributed by atoms with E-state index >= 15 is 0 Å². The Morgan fingerprint density at radius 3 is 2.95 bits per heavy atom. The molecule has 3 nitrogen and oxygen atoms in total. The quantitative estimate of drug-likeness (QED) is 0.868. The van der Waals surface area contributed by atoms with E-state index in [1.807, 2.05) is 37.4 Å². The minimum absolute atomic E-state index is 0.0106. The number of thiophene rings is 1. The van der Waals surface area contributed by atoms with E-state index in [0.29, 0.717) is 6.54 Å². The third-order valence-electron chi connectivity index (χ3n) is 3.57. The summed E-state index contributed by atoms with van der Waals surface area (Å²) in [5.74, 6) is 0.0397. The van der Waals surface area contributed by atoms with Crippen molar-refractivity contribution < 1.29 is 9.53 Å². The summed E-state index contributed by atoms with van der Waals surface area (Å²) in [6, 6.07) is 11.5. The highest BCUT2D eigenvalue weighted by atomic mass is 32.1. The van der Waals surface area contributed by atoms with Gasteiger partial charge in [0, 0.05) is 17.5 Å². The van der Waals surface area contributed by atoms with Crippen molar-refractivity contribution in [1.82, 2.24) is 4.90 Å². The molecule has 1 amide bonds. The molecule has 1 aromatic heterocycles. The van der Waals surface area contributed by atoms with Crippen LogP contribution in [0.5, 0.6) is 0 Å². The average molecular weight is 287 g/mol. The van der Waals surface area contributed by atoms with Crippen LogP contribution in [0.25, 0.3) is 0 Å². The fourth-order valence-electron chi connectivity index (χ4n) is 2.49. The zero-order valence-corrected chi connectivity index (χ0v) is 12.2. The van der Waals surface area contributed by atoms with Gasteiger partial charge in [0.1, 0.15) is 6.10 Å². The zero-order chi connectivity index (χ0) is 13.9. The third kappa shape index (κ3) is 2.62. The van der Waals surface area contributed by atoms with Gasteiger partial charge in [0.2, 0.25) is 0 Å². The van der Waals surface area contributed by atoms with Crippen LogP contribution in [-0.4, -0.2) is 31.0 Å². The van der Waals surface area contributed by atoms with Crippen molar-refractivity contribution >= 4 is 17.2 Å². The lowest BCUT2D eigenvalue weighted by molar-refractivity contribution is 0.0224. The maximum absolute atomic E-state index is 12.3. The Labute approximate surface area is 122 Å². The second-order valence-corrected chi connectivity index (χ2v) is 5.92. The highest BCUT2D eigenvalue weighted by Gasteiger charge is 2.25. The molecule has 1 aliphatic heterocycles. The van der Waals surface area contributed by atoms with E-state index in [9.17, 15) is 4.79 Å². The maximum atomic E-state index is 12.3. The van der Waals surface area contributed by atoms with E-state index in [0.717, 1.165) is 18.6 Å². The summed E-state index contributed by atoms with van der Waals surface area (Å²) in [5.41, 5.74) is 2.09. The Morgan fingerprint density at radius 2 is 2.15 bits per heavy atom. The van der Waals surface area contributed by atoms with Crippen molar-refractivity contribution in [3.8, 4) is 0 Å². The van der Waals surface area contributed by atoms with Gasteiger partial charge in [-0.15, -0.1) is 11.3 Å². The first-order chi connectivity index (χ1) is 9.75. The number of carbonyl (C=O) groups excluding carboxylic acids is 1. The van der Waals surface area contributed by atoms with E-state index in [1.165, 1.54) is 10.4 Å². The van der Waals surface area contributed by atoms with E-state index in [-0.39, 0.29) is 12.0 Å². The molecule has 0 radical (unpaired) electrons. The Hall–Kier alpha value is -1.65. The van der Waals surface area contributed by atoms with Crippen molar-refractivity contribution in [2.75, 3.05) is 20.2 Å². The van der Waals surface area contributed by atoms with E-state index in [4.69, 9.17) is 4.74 Å². The topological polar surface area (TPSA) is 29.5 Å². The molecule has 1 atom stereocenters. The first-order valence-electron chi connectivity index (χ1n) is 6.74. The van der Waals surface area contributed by atoms with Crippen molar-refractivity contribution in [3.05, 3.63) is 57.8 Å². The number of likely N-dealkylation sites (N-methyl/N-ethyl adjacent to an activating group) is 1. The largest absolute Gasteiger partial charge is 0.370 e. The van der Waals surface area contributed by atoms with Crippen LogP contribution >= 0.6 is 11.3 Å². The number of carbonyl (C=O) groups is 1. The molecule has 104 valence electrons. The Kier molecular flexibility index (Phi) is 3.85. The van der Waals surface area contributed by atoms with Crippen LogP contribution in [0.3, 0.4) is 0 Å². The number of nitrogens with zero attached hydrogens (tertiary/aromatic N) is 1. The highest BCUT2D eigenvalue weighted by Crippen LogP contribution is 2.32. The molecule has 0 saturated heterocycles. The molecular weight excluding hydrogens is 270 g/mol. The van der Waals surface area contributed by atoms with Crippen molar-refractivity contribution in [2.45, 2.75) is 12.5 Å². The molecule has 0 bridgehead atoms. The predicted octanol–water partition coefficient (Wildman–Crippen LogP) is 3.13. The standard InChI is InChI=1S/C16H17NO2S/c1-17(16(18)13-5-3-2-4-6-13)11-14-15-12(7-9-19-14)8-10-20-15/h2-6,8,10,14H,7,9,11H2,1H3/t14-/m0/s1. The zero-order valence-electron chi connectivity index (χ0n) is 11.4. The van der Waals surface area contributed by atoms with Crippen molar-refractivity contribution in [2.24, 2.45) is 0 Å². The van der Waals surface area contributed by atoms with E-state index < -0.39 is 0 Å². The Balaban J connectivity index is 1.71. The number of rotatable bonds is 3. The highest BCUT2D eigenvalue weighted by molar-refractivity contribution is 7.10. The Bertz CT molecular complexity index is 594. The van der Waals surface area contributed by atoms with Crippen LogP contribution in [0, 0.1) is 0 Å². The minimum Gasteiger partial charge on any atom is -0.370 e. The van der Waals surface area contributed by atoms with Crippen molar-refractivity contribution in [3.63, 3.8) is 0 Å². The second kappa shape index (κ2) is 5.77. The number of benzene rings is 1. The smallest absolute Gasteiger partial charge is 0.253 e. The van der Waals surface area contributed by atoms with E-state index in [1.54, 1.807) is 16.2 Å². The van der Waals surface area contributed by atoms with Gasteiger partial charge in [0.05, 0.1) is 13.2 Å². The maximum Gasteiger partial charge on any atom is 0.253 e. The first kappa shape index (κ1) is 13.3. The fourth-order valence-corrected chi connectivity index (χ4v) is 3.49. The van der Waals surface area contributed by atoms with Gasteiger partial charge >= 0.3 is 0 Å². The molecule has 1 aliphatic rings. The molecule has 4 heteroatoms. The number of ether oxygens (including phenoxy) is 1. The fraction of sp³-hybridized carbons (Fsp3) is 0.312. The molecule has 0 unspecified atom stereocenters. The lowest BCUT2D eigenvalue weighted by Crippen LogP contribution is -2.33. The number of hydrogen-bond donors (Lipinski definition) is 0. The van der Waals surface area contributed by atoms with Crippen LogP contribution in [0.15, 0.2) is 41.8 Å². The summed E-state index contributed by atoms with van der Waals surface area (Å²) >= 11 is 1.72. The van der Waals surface area contributed by atoms with Crippen LogP contribution in [-0.2, 0) is 11.2 Å². The lowest BCUT2D eigenvalue weighted by Gasteiger charge is -2.27.